The third-order valence-electron chi connectivity index (χ3n) is 2.92. The number of anilines is 2. The molecule has 1 aromatic heterocycles. The Morgan fingerprint density at radius 1 is 1.33 bits per heavy atom. The number of hydrogen-bond donors (Lipinski definition) is 1. The molecule has 0 saturated heterocycles. The fourth-order valence-corrected chi connectivity index (χ4v) is 2.68. The number of nitrogens with zero attached hydrogens (tertiary/aromatic N) is 1. The van der Waals surface area contributed by atoms with Crippen LogP contribution in [0.2, 0.25) is 5.02 Å². The van der Waals surface area contributed by atoms with Crippen LogP contribution in [-0.4, -0.2) is 9.97 Å². The number of pyridine rings is 1. The van der Waals surface area contributed by atoms with E-state index in [-0.39, 0.29) is 5.56 Å². The van der Waals surface area contributed by atoms with Crippen LogP contribution in [-0.2, 0) is 6.42 Å². The largest absolute Gasteiger partial charge is 0.329 e. The van der Waals surface area contributed by atoms with Gasteiger partial charge >= 0.3 is 0 Å². The van der Waals surface area contributed by atoms with Gasteiger partial charge in [-0.05, 0) is 24.3 Å². The van der Waals surface area contributed by atoms with Crippen molar-refractivity contribution in [3.05, 3.63) is 57.5 Å². The van der Waals surface area contributed by atoms with E-state index in [1.165, 1.54) is 0 Å². The molecule has 0 saturated carbocycles. The zero-order chi connectivity index (χ0) is 12.7. The first kappa shape index (κ1) is 11.4. The summed E-state index contributed by atoms with van der Waals surface area (Å²) in [5, 5.41) is 0.647. The van der Waals surface area contributed by atoms with E-state index in [9.17, 15) is 4.79 Å². The number of thiocarbonyl (C=S) groups is 1. The molecule has 0 aliphatic carbocycles. The van der Waals surface area contributed by atoms with E-state index in [1.54, 1.807) is 6.20 Å². The highest BCUT2D eigenvalue weighted by molar-refractivity contribution is 7.80. The number of aromatic nitrogens is 1. The number of rotatable bonds is 1. The number of hydrogen-bond acceptors (Lipinski definition) is 2. The minimum atomic E-state index is -0.0839. The number of H-pyrrole nitrogens is 1. The van der Waals surface area contributed by atoms with Gasteiger partial charge in [0.2, 0.25) is 0 Å². The average molecular weight is 277 g/mol. The first-order chi connectivity index (χ1) is 8.66. The minimum Gasteiger partial charge on any atom is -0.329 e. The Bertz CT molecular complexity index is 695. The third kappa shape index (κ3) is 1.74. The normalized spacial score (nSPS) is 13.8. The molecule has 1 aromatic carbocycles. The lowest BCUT2D eigenvalue weighted by atomic mass is 10.2. The monoisotopic (exact) mass is 276 g/mol. The fourth-order valence-electron chi connectivity index (χ4n) is 2.14. The fraction of sp³-hybridized carbons (Fsp3) is 0.0769. The van der Waals surface area contributed by atoms with Crippen LogP contribution in [0.5, 0.6) is 0 Å². The molecule has 0 atom stereocenters. The molecule has 0 fully saturated rings. The second-order valence-electron chi connectivity index (χ2n) is 4.06. The average Bonchev–Trinajstić information content (AvgIpc) is 2.67. The molecular weight excluding hydrogens is 268 g/mol. The van der Waals surface area contributed by atoms with Gasteiger partial charge in [-0.25, -0.2) is 0 Å². The predicted octanol–water partition coefficient (Wildman–Crippen LogP) is 3.05. The van der Waals surface area contributed by atoms with E-state index in [0.717, 1.165) is 11.4 Å². The molecule has 5 heteroatoms. The lowest BCUT2D eigenvalue weighted by Crippen LogP contribution is -2.18. The number of aromatic amines is 1. The molecule has 0 spiro atoms. The highest BCUT2D eigenvalue weighted by Gasteiger charge is 2.27. The lowest BCUT2D eigenvalue weighted by molar-refractivity contribution is 1.17. The first-order valence-electron chi connectivity index (χ1n) is 5.46. The second-order valence-corrected chi connectivity index (χ2v) is 4.96. The summed E-state index contributed by atoms with van der Waals surface area (Å²) >= 11 is 11.4. The van der Waals surface area contributed by atoms with Gasteiger partial charge in [-0.15, -0.1) is 0 Å². The van der Waals surface area contributed by atoms with Crippen LogP contribution in [0.4, 0.5) is 11.4 Å². The molecule has 0 radical (unpaired) electrons. The zero-order valence-corrected chi connectivity index (χ0v) is 10.9. The number of fused-ring (bicyclic) bond motifs is 1. The lowest BCUT2D eigenvalue weighted by Gasteiger charge is -2.19. The van der Waals surface area contributed by atoms with Gasteiger partial charge in [0.1, 0.15) is 0 Å². The standard InChI is InChI=1S/C13H9ClN2OS/c14-8-2-1-3-9(6-8)16-11-4-5-15-13(17)10(11)7-12(16)18/h1-6H,7H2,(H,15,17). The molecule has 0 amide bonds. The Labute approximate surface area is 114 Å². The summed E-state index contributed by atoms with van der Waals surface area (Å²) < 4.78 is 0. The van der Waals surface area contributed by atoms with Crippen molar-refractivity contribution in [2.45, 2.75) is 6.42 Å². The van der Waals surface area contributed by atoms with Crippen LogP contribution in [0.15, 0.2) is 41.3 Å². The highest BCUT2D eigenvalue weighted by Crippen LogP contribution is 2.34. The van der Waals surface area contributed by atoms with Crippen LogP contribution in [0, 0.1) is 0 Å². The topological polar surface area (TPSA) is 36.1 Å². The Morgan fingerprint density at radius 2 is 2.17 bits per heavy atom. The number of halogens is 1. The van der Waals surface area contributed by atoms with E-state index < -0.39 is 0 Å². The molecule has 2 heterocycles. The number of nitrogens with one attached hydrogen (secondary N) is 1. The maximum absolute atomic E-state index is 11.7. The van der Waals surface area contributed by atoms with Crippen LogP contribution in [0.25, 0.3) is 0 Å². The maximum atomic E-state index is 11.7. The molecule has 18 heavy (non-hydrogen) atoms. The molecule has 2 aromatic rings. The van der Waals surface area contributed by atoms with E-state index in [1.807, 2.05) is 35.2 Å². The molecule has 0 unspecified atom stereocenters. The number of benzene rings is 1. The summed E-state index contributed by atoms with van der Waals surface area (Å²) in [6, 6.07) is 9.30. The van der Waals surface area contributed by atoms with Crippen molar-refractivity contribution in [3.63, 3.8) is 0 Å². The summed E-state index contributed by atoms with van der Waals surface area (Å²) in [7, 11) is 0. The third-order valence-corrected chi connectivity index (χ3v) is 3.49. The van der Waals surface area contributed by atoms with Crippen molar-refractivity contribution < 1.29 is 0 Å². The van der Waals surface area contributed by atoms with Gasteiger partial charge in [-0.3, -0.25) is 4.79 Å². The maximum Gasteiger partial charge on any atom is 0.253 e. The Balaban J connectivity index is 2.18. The van der Waals surface area contributed by atoms with Crippen LogP contribution >= 0.6 is 23.8 Å². The van der Waals surface area contributed by atoms with Crippen molar-refractivity contribution in [2.75, 3.05) is 4.90 Å². The SMILES string of the molecule is O=c1[nH]ccc2c1CC(=S)N2c1cccc(Cl)c1. The summed E-state index contributed by atoms with van der Waals surface area (Å²) in [6.45, 7) is 0. The summed E-state index contributed by atoms with van der Waals surface area (Å²) in [5.41, 5.74) is 2.35. The Kier molecular flexibility index (Phi) is 2.69. The highest BCUT2D eigenvalue weighted by atomic mass is 35.5. The Morgan fingerprint density at radius 3 is 2.94 bits per heavy atom. The first-order valence-corrected chi connectivity index (χ1v) is 6.24. The Hall–Kier alpha value is -1.65. The van der Waals surface area contributed by atoms with Crippen LogP contribution in [0.1, 0.15) is 5.56 Å². The van der Waals surface area contributed by atoms with Gasteiger partial charge in [0, 0.05) is 28.9 Å². The molecule has 90 valence electrons. The van der Waals surface area contributed by atoms with E-state index in [4.69, 9.17) is 23.8 Å². The van der Waals surface area contributed by atoms with Crippen molar-refractivity contribution in [1.29, 1.82) is 0 Å². The molecule has 1 aliphatic rings. The van der Waals surface area contributed by atoms with E-state index in [0.29, 0.717) is 22.0 Å². The summed E-state index contributed by atoms with van der Waals surface area (Å²) in [5.74, 6) is 0. The van der Waals surface area contributed by atoms with Gasteiger partial charge in [-0.1, -0.05) is 29.9 Å². The van der Waals surface area contributed by atoms with Gasteiger partial charge < -0.3 is 9.88 Å². The van der Waals surface area contributed by atoms with Crippen molar-refractivity contribution in [2.24, 2.45) is 0 Å². The molecule has 0 bridgehead atoms. The van der Waals surface area contributed by atoms with Crippen LogP contribution in [0.3, 0.4) is 0 Å². The molecule has 3 nitrogen and oxygen atoms in total. The van der Waals surface area contributed by atoms with Crippen molar-refractivity contribution >= 4 is 40.2 Å². The minimum absolute atomic E-state index is 0.0839. The second kappa shape index (κ2) is 4.23. The zero-order valence-electron chi connectivity index (χ0n) is 9.31. The predicted molar refractivity (Wildman–Crippen MR) is 77.0 cm³/mol. The molecule has 3 rings (SSSR count). The van der Waals surface area contributed by atoms with Gasteiger partial charge in [0.05, 0.1) is 10.7 Å². The van der Waals surface area contributed by atoms with Gasteiger partial charge in [-0.2, -0.15) is 0 Å². The summed E-state index contributed by atoms with van der Waals surface area (Å²) in [4.78, 5) is 17.0. The van der Waals surface area contributed by atoms with Gasteiger partial charge in [0.15, 0.2) is 0 Å². The summed E-state index contributed by atoms with van der Waals surface area (Å²) in [6.07, 6.45) is 2.13. The van der Waals surface area contributed by atoms with Gasteiger partial charge in [0.25, 0.3) is 5.56 Å². The molecular formula is C13H9ClN2OS. The molecule has 1 N–H and O–H groups in total. The quantitative estimate of drug-likeness (QED) is 0.813. The smallest absolute Gasteiger partial charge is 0.253 e. The van der Waals surface area contributed by atoms with Crippen molar-refractivity contribution in [1.82, 2.24) is 4.98 Å². The van der Waals surface area contributed by atoms with E-state index >= 15 is 0 Å². The van der Waals surface area contributed by atoms with Crippen LogP contribution < -0.4 is 10.5 Å². The van der Waals surface area contributed by atoms with Crippen molar-refractivity contribution in [3.8, 4) is 0 Å². The molecule has 1 aliphatic heterocycles. The van der Waals surface area contributed by atoms with E-state index in [2.05, 4.69) is 4.98 Å².